The molecule has 0 N–H and O–H groups in total. The monoisotopic (exact) mass is 210 g/mol. The second kappa shape index (κ2) is 5.14. The zero-order valence-corrected chi connectivity index (χ0v) is 10.8. The highest BCUT2D eigenvalue weighted by molar-refractivity contribution is 5.86. The molecule has 0 aromatic heterocycles. The largest absolute Gasteiger partial charge is 0.299 e. The molecule has 88 valence electrons. The normalized spacial score (nSPS) is 27.7. The van der Waals surface area contributed by atoms with Crippen LogP contribution in [0.25, 0.3) is 0 Å². The van der Waals surface area contributed by atoms with E-state index in [0.29, 0.717) is 17.6 Å². The Morgan fingerprint density at radius 1 is 1.20 bits per heavy atom. The van der Waals surface area contributed by atoms with Crippen molar-refractivity contribution in [3.8, 4) is 0 Å². The lowest BCUT2D eigenvalue weighted by Gasteiger charge is -2.35. The van der Waals surface area contributed by atoms with Crippen LogP contribution in [0.15, 0.2) is 0 Å². The van der Waals surface area contributed by atoms with Crippen LogP contribution < -0.4 is 0 Å². The summed E-state index contributed by atoms with van der Waals surface area (Å²) in [5.41, 5.74) is -0.102. The van der Waals surface area contributed by atoms with Gasteiger partial charge in [-0.3, -0.25) is 4.79 Å². The minimum absolute atomic E-state index is 0.102. The first-order chi connectivity index (χ1) is 7.03. The summed E-state index contributed by atoms with van der Waals surface area (Å²) in [6, 6.07) is 0. The number of ketones is 1. The van der Waals surface area contributed by atoms with Crippen molar-refractivity contribution < 1.29 is 4.79 Å². The Balaban J connectivity index is 2.72. The third-order valence-corrected chi connectivity index (χ3v) is 4.32. The Morgan fingerprint density at radius 2 is 1.80 bits per heavy atom. The highest BCUT2D eigenvalue weighted by Gasteiger charge is 2.36. The smallest absolute Gasteiger partial charge is 0.141 e. The van der Waals surface area contributed by atoms with Gasteiger partial charge >= 0.3 is 0 Å². The molecule has 1 heteroatoms. The minimum Gasteiger partial charge on any atom is -0.299 e. The van der Waals surface area contributed by atoms with Crippen LogP contribution in [0.1, 0.15) is 66.2 Å². The summed E-state index contributed by atoms with van der Waals surface area (Å²) < 4.78 is 0. The van der Waals surface area contributed by atoms with Crippen molar-refractivity contribution in [2.45, 2.75) is 66.2 Å². The lowest BCUT2D eigenvalue weighted by molar-refractivity contribution is -0.134. The van der Waals surface area contributed by atoms with Gasteiger partial charge in [-0.1, -0.05) is 47.0 Å². The number of Topliss-reactive ketones (excluding diaryl/α,β-unsaturated/α-hetero) is 1. The standard InChI is InChI=1S/C14H26O/c1-5-11-9-7-8-10-12(11)13(15)14(3,4)6-2/h11-12H,5-10H2,1-4H3. The molecule has 1 aliphatic rings. The Morgan fingerprint density at radius 3 is 2.33 bits per heavy atom. The molecule has 1 rings (SSSR count). The van der Waals surface area contributed by atoms with Crippen LogP contribution in [0, 0.1) is 17.3 Å². The highest BCUT2D eigenvalue weighted by Crippen LogP contribution is 2.38. The molecular formula is C14H26O. The van der Waals surface area contributed by atoms with Crippen molar-refractivity contribution in [1.82, 2.24) is 0 Å². The molecule has 0 aromatic carbocycles. The average molecular weight is 210 g/mol. The molecule has 2 atom stereocenters. The van der Waals surface area contributed by atoms with E-state index in [4.69, 9.17) is 0 Å². The van der Waals surface area contributed by atoms with Gasteiger partial charge in [-0.15, -0.1) is 0 Å². The summed E-state index contributed by atoms with van der Waals surface area (Å²) in [4.78, 5) is 12.4. The maximum atomic E-state index is 12.4. The zero-order valence-electron chi connectivity index (χ0n) is 10.8. The summed E-state index contributed by atoms with van der Waals surface area (Å²) in [5, 5.41) is 0. The van der Waals surface area contributed by atoms with E-state index in [-0.39, 0.29) is 5.41 Å². The van der Waals surface area contributed by atoms with Crippen LogP contribution in [-0.4, -0.2) is 5.78 Å². The number of rotatable bonds is 4. The maximum Gasteiger partial charge on any atom is 0.141 e. The van der Waals surface area contributed by atoms with E-state index in [0.717, 1.165) is 12.8 Å². The lowest BCUT2D eigenvalue weighted by Crippen LogP contribution is -2.36. The van der Waals surface area contributed by atoms with Crippen molar-refractivity contribution in [2.24, 2.45) is 17.3 Å². The first-order valence-electron chi connectivity index (χ1n) is 6.57. The van der Waals surface area contributed by atoms with Gasteiger partial charge in [-0.2, -0.15) is 0 Å². The van der Waals surface area contributed by atoms with Crippen LogP contribution in [-0.2, 0) is 4.79 Å². The molecule has 15 heavy (non-hydrogen) atoms. The predicted octanol–water partition coefficient (Wildman–Crippen LogP) is 4.21. The Kier molecular flexibility index (Phi) is 4.36. The van der Waals surface area contributed by atoms with E-state index >= 15 is 0 Å². The van der Waals surface area contributed by atoms with Gasteiger partial charge in [0.05, 0.1) is 0 Å². The van der Waals surface area contributed by atoms with Crippen LogP contribution >= 0.6 is 0 Å². The number of carbonyl (C=O) groups is 1. The van der Waals surface area contributed by atoms with E-state index in [1.807, 2.05) is 0 Å². The molecule has 2 unspecified atom stereocenters. The molecule has 0 bridgehead atoms. The quantitative estimate of drug-likeness (QED) is 0.679. The van der Waals surface area contributed by atoms with Crippen molar-refractivity contribution in [2.75, 3.05) is 0 Å². The van der Waals surface area contributed by atoms with Crippen molar-refractivity contribution in [3.63, 3.8) is 0 Å². The van der Waals surface area contributed by atoms with E-state index in [1.54, 1.807) is 0 Å². The second-order valence-corrected chi connectivity index (χ2v) is 5.66. The van der Waals surface area contributed by atoms with Gasteiger partial charge in [0.1, 0.15) is 5.78 Å². The fourth-order valence-corrected chi connectivity index (χ4v) is 2.72. The molecular weight excluding hydrogens is 184 g/mol. The molecule has 0 spiro atoms. The fourth-order valence-electron chi connectivity index (χ4n) is 2.72. The Labute approximate surface area is 94.6 Å². The van der Waals surface area contributed by atoms with E-state index < -0.39 is 0 Å². The van der Waals surface area contributed by atoms with E-state index in [1.165, 1.54) is 25.7 Å². The summed E-state index contributed by atoms with van der Waals surface area (Å²) in [7, 11) is 0. The average Bonchev–Trinajstić information content (AvgIpc) is 2.28. The summed E-state index contributed by atoms with van der Waals surface area (Å²) >= 11 is 0. The third kappa shape index (κ3) is 2.83. The summed E-state index contributed by atoms with van der Waals surface area (Å²) in [6.07, 6.45) is 7.14. The molecule has 0 radical (unpaired) electrons. The van der Waals surface area contributed by atoms with Crippen LogP contribution in [0.3, 0.4) is 0 Å². The molecule has 1 fully saturated rings. The minimum atomic E-state index is -0.102. The fraction of sp³-hybridized carbons (Fsp3) is 0.929. The molecule has 0 heterocycles. The molecule has 0 aromatic rings. The van der Waals surface area contributed by atoms with Crippen molar-refractivity contribution in [1.29, 1.82) is 0 Å². The zero-order chi connectivity index (χ0) is 11.5. The van der Waals surface area contributed by atoms with Crippen LogP contribution in [0.4, 0.5) is 0 Å². The van der Waals surface area contributed by atoms with Crippen LogP contribution in [0.5, 0.6) is 0 Å². The molecule has 0 amide bonds. The maximum absolute atomic E-state index is 12.4. The molecule has 0 aliphatic heterocycles. The highest BCUT2D eigenvalue weighted by atomic mass is 16.1. The van der Waals surface area contributed by atoms with Gasteiger partial charge in [-0.25, -0.2) is 0 Å². The number of hydrogen-bond acceptors (Lipinski definition) is 1. The molecule has 0 saturated heterocycles. The first kappa shape index (κ1) is 12.7. The van der Waals surface area contributed by atoms with Gasteiger partial charge < -0.3 is 0 Å². The molecule has 1 aliphatic carbocycles. The molecule has 1 nitrogen and oxygen atoms in total. The summed E-state index contributed by atoms with van der Waals surface area (Å²) in [5.74, 6) is 1.55. The second-order valence-electron chi connectivity index (χ2n) is 5.66. The first-order valence-corrected chi connectivity index (χ1v) is 6.57. The Hall–Kier alpha value is -0.330. The van der Waals surface area contributed by atoms with Crippen molar-refractivity contribution in [3.05, 3.63) is 0 Å². The van der Waals surface area contributed by atoms with Gasteiger partial charge in [0.25, 0.3) is 0 Å². The molecule has 1 saturated carbocycles. The van der Waals surface area contributed by atoms with Crippen molar-refractivity contribution >= 4 is 5.78 Å². The summed E-state index contributed by atoms with van der Waals surface area (Å²) in [6.45, 7) is 8.57. The van der Waals surface area contributed by atoms with Gasteiger partial charge in [0, 0.05) is 11.3 Å². The predicted molar refractivity (Wildman–Crippen MR) is 64.8 cm³/mol. The topological polar surface area (TPSA) is 17.1 Å². The van der Waals surface area contributed by atoms with E-state index in [2.05, 4.69) is 27.7 Å². The number of hydrogen-bond donors (Lipinski definition) is 0. The third-order valence-electron chi connectivity index (χ3n) is 4.32. The SMILES string of the molecule is CCC1CCCCC1C(=O)C(C)(C)CC. The number of carbonyl (C=O) groups excluding carboxylic acids is 1. The van der Waals surface area contributed by atoms with Gasteiger partial charge in [-0.05, 0) is 25.2 Å². The van der Waals surface area contributed by atoms with Gasteiger partial charge in [0.2, 0.25) is 0 Å². The van der Waals surface area contributed by atoms with Gasteiger partial charge in [0.15, 0.2) is 0 Å². The van der Waals surface area contributed by atoms with E-state index in [9.17, 15) is 4.79 Å². The van der Waals surface area contributed by atoms with Crippen LogP contribution in [0.2, 0.25) is 0 Å². The Bertz CT molecular complexity index is 217. The lowest BCUT2D eigenvalue weighted by atomic mass is 9.68.